The lowest BCUT2D eigenvalue weighted by molar-refractivity contribution is -0.119. The first-order valence-electron chi connectivity index (χ1n) is 2.54. The van der Waals surface area contributed by atoms with Gasteiger partial charge in [0.15, 0.2) is 0 Å². The summed E-state index contributed by atoms with van der Waals surface area (Å²) in [5, 5.41) is 1.91. The first-order chi connectivity index (χ1) is 4.16. The van der Waals surface area contributed by atoms with Crippen molar-refractivity contribution in [3.63, 3.8) is 0 Å². The van der Waals surface area contributed by atoms with Crippen molar-refractivity contribution in [3.8, 4) is 0 Å². The maximum Gasteiger partial charge on any atom is 0.318 e. The van der Waals surface area contributed by atoms with Crippen LogP contribution in [0.3, 0.4) is 0 Å². The molecule has 0 fully saturated rings. The van der Waals surface area contributed by atoms with Gasteiger partial charge in [0.1, 0.15) is 0 Å². The van der Waals surface area contributed by atoms with E-state index in [9.17, 15) is 9.59 Å². The smallest absolute Gasteiger partial charge is 0.318 e. The van der Waals surface area contributed by atoms with Crippen molar-refractivity contribution in [2.75, 3.05) is 0 Å². The second kappa shape index (κ2) is 3.88. The predicted molar refractivity (Wildman–Crippen MR) is 32.3 cm³/mol. The van der Waals surface area contributed by atoms with Gasteiger partial charge in [0.25, 0.3) is 0 Å². The summed E-state index contributed by atoms with van der Waals surface area (Å²) in [5.41, 5.74) is 4.64. The van der Waals surface area contributed by atoms with Gasteiger partial charge in [-0.2, -0.15) is 0 Å². The third-order valence-electron chi connectivity index (χ3n) is 0.652. The molecule has 0 bridgehead atoms. The molecule has 4 heteroatoms. The zero-order valence-electron chi connectivity index (χ0n) is 5.18. The van der Waals surface area contributed by atoms with Crippen molar-refractivity contribution in [3.05, 3.63) is 6.42 Å². The Morgan fingerprint density at radius 3 is 2.56 bits per heavy atom. The van der Waals surface area contributed by atoms with E-state index in [0.717, 1.165) is 0 Å². The highest BCUT2D eigenvalue weighted by Crippen LogP contribution is 1.82. The number of carbonyl (C=O) groups excluding carboxylic acids is 2. The summed E-state index contributed by atoms with van der Waals surface area (Å²) in [6.07, 6.45) is 1.86. The Kier molecular flexibility index (Phi) is 3.43. The van der Waals surface area contributed by atoms with Crippen LogP contribution in [-0.4, -0.2) is 11.9 Å². The van der Waals surface area contributed by atoms with E-state index in [0.29, 0.717) is 0 Å². The van der Waals surface area contributed by atoms with Crippen LogP contribution in [0.1, 0.15) is 13.3 Å². The average molecular weight is 129 g/mol. The molecule has 0 rings (SSSR count). The van der Waals surface area contributed by atoms with Crippen LogP contribution in [0.4, 0.5) is 4.79 Å². The maximum absolute atomic E-state index is 10.4. The fraction of sp³-hybridized carbons (Fsp3) is 0.400. The second-order valence-electron chi connectivity index (χ2n) is 1.52. The number of imide groups is 1. The normalized spacial score (nSPS) is 8.56. The van der Waals surface area contributed by atoms with Crippen LogP contribution >= 0.6 is 0 Å². The number of urea groups is 1. The molecule has 1 radical (unpaired) electrons. The van der Waals surface area contributed by atoms with E-state index in [2.05, 4.69) is 5.73 Å². The van der Waals surface area contributed by atoms with Crippen molar-refractivity contribution >= 4 is 11.9 Å². The molecule has 0 aliphatic heterocycles. The highest BCUT2D eigenvalue weighted by molar-refractivity contribution is 5.93. The van der Waals surface area contributed by atoms with Crippen LogP contribution < -0.4 is 11.1 Å². The van der Waals surface area contributed by atoms with Gasteiger partial charge in [0.05, 0.1) is 0 Å². The zero-order chi connectivity index (χ0) is 7.28. The molecule has 0 aromatic carbocycles. The molecule has 0 aromatic heterocycles. The van der Waals surface area contributed by atoms with Crippen LogP contribution in [0.15, 0.2) is 0 Å². The van der Waals surface area contributed by atoms with Crippen LogP contribution in [-0.2, 0) is 4.79 Å². The number of hydrogen-bond acceptors (Lipinski definition) is 2. The molecule has 0 spiro atoms. The lowest BCUT2D eigenvalue weighted by atomic mass is 10.3. The summed E-state index contributed by atoms with van der Waals surface area (Å²) in [6.45, 7) is 1.72. The number of primary amides is 1. The molecule has 0 aliphatic rings. The molecular weight excluding hydrogens is 120 g/mol. The van der Waals surface area contributed by atoms with E-state index in [1.165, 1.54) is 0 Å². The maximum atomic E-state index is 10.4. The summed E-state index contributed by atoms with van der Waals surface area (Å²) in [6, 6.07) is -0.804. The monoisotopic (exact) mass is 129 g/mol. The van der Waals surface area contributed by atoms with E-state index in [4.69, 9.17) is 0 Å². The second-order valence-corrected chi connectivity index (χ2v) is 1.52. The van der Waals surface area contributed by atoms with Crippen LogP contribution in [0, 0.1) is 6.42 Å². The minimum absolute atomic E-state index is 0.225. The molecule has 0 unspecified atom stereocenters. The number of nitrogens with two attached hydrogens (primary N) is 1. The minimum Gasteiger partial charge on any atom is -0.351 e. The molecule has 0 aromatic rings. The molecule has 0 heterocycles. The predicted octanol–water partition coefficient (Wildman–Crippen LogP) is -0.204. The average Bonchev–Trinajstić information content (AvgIpc) is 1.63. The van der Waals surface area contributed by atoms with Gasteiger partial charge in [-0.15, -0.1) is 0 Å². The highest BCUT2D eigenvalue weighted by Gasteiger charge is 1.99. The number of amides is 3. The summed E-state index contributed by atoms with van der Waals surface area (Å²) < 4.78 is 0. The Bertz CT molecular complexity index is 122. The van der Waals surface area contributed by atoms with Crippen LogP contribution in [0.2, 0.25) is 0 Å². The number of hydrogen-bond donors (Lipinski definition) is 2. The summed E-state index contributed by atoms with van der Waals surface area (Å²) in [7, 11) is 0. The van der Waals surface area contributed by atoms with Crippen molar-refractivity contribution < 1.29 is 9.59 Å². The molecule has 3 amide bonds. The molecule has 3 N–H and O–H groups in total. The molecule has 0 aliphatic carbocycles. The molecule has 0 saturated carbocycles. The van der Waals surface area contributed by atoms with Crippen LogP contribution in [0.5, 0.6) is 0 Å². The third-order valence-corrected chi connectivity index (χ3v) is 0.652. The van der Waals surface area contributed by atoms with Gasteiger partial charge >= 0.3 is 6.03 Å². The third kappa shape index (κ3) is 4.80. The van der Waals surface area contributed by atoms with Crippen molar-refractivity contribution in [1.29, 1.82) is 0 Å². The molecule has 51 valence electrons. The zero-order valence-corrected chi connectivity index (χ0v) is 5.18. The fourth-order valence-electron chi connectivity index (χ4n) is 0.374. The fourth-order valence-corrected chi connectivity index (χ4v) is 0.374. The van der Waals surface area contributed by atoms with Gasteiger partial charge in [-0.3, -0.25) is 10.1 Å². The minimum atomic E-state index is -0.804. The summed E-state index contributed by atoms with van der Waals surface area (Å²) in [4.78, 5) is 20.4. The molecule has 9 heavy (non-hydrogen) atoms. The lowest BCUT2D eigenvalue weighted by Crippen LogP contribution is -2.34. The quantitative estimate of drug-likeness (QED) is 0.541. The van der Waals surface area contributed by atoms with E-state index in [1.54, 1.807) is 13.3 Å². The van der Waals surface area contributed by atoms with Gasteiger partial charge in [-0.1, -0.05) is 6.92 Å². The Balaban J connectivity index is 3.39. The SMILES string of the molecule is C[CH]CC(=O)NC(N)=O. The first-order valence-corrected chi connectivity index (χ1v) is 2.54. The summed E-state index contributed by atoms with van der Waals surface area (Å²) in [5.74, 6) is -0.370. The van der Waals surface area contributed by atoms with Crippen molar-refractivity contribution in [2.45, 2.75) is 13.3 Å². The molecular formula is C5H9N2O2. The standard InChI is InChI=1S/C5H9N2O2/c1-2-3-4(8)7-5(6)9/h2H,3H2,1H3,(H3,6,7,8,9). The highest BCUT2D eigenvalue weighted by atomic mass is 16.2. The lowest BCUT2D eigenvalue weighted by Gasteiger charge is -1.95. The van der Waals surface area contributed by atoms with Gasteiger partial charge < -0.3 is 5.73 Å². The molecule has 0 saturated heterocycles. The van der Waals surface area contributed by atoms with Gasteiger partial charge in [-0.25, -0.2) is 4.79 Å². The Labute approximate surface area is 53.4 Å². The van der Waals surface area contributed by atoms with Crippen molar-refractivity contribution in [1.82, 2.24) is 5.32 Å². The Hall–Kier alpha value is -1.06. The summed E-state index contributed by atoms with van der Waals surface area (Å²) >= 11 is 0. The van der Waals surface area contributed by atoms with E-state index in [-0.39, 0.29) is 12.3 Å². The largest absolute Gasteiger partial charge is 0.351 e. The van der Waals surface area contributed by atoms with Gasteiger partial charge in [0, 0.05) is 6.42 Å². The van der Waals surface area contributed by atoms with Gasteiger partial charge in [0.2, 0.25) is 5.91 Å². The first kappa shape index (κ1) is 7.94. The van der Waals surface area contributed by atoms with Crippen LogP contribution in [0.25, 0.3) is 0 Å². The number of rotatable bonds is 2. The van der Waals surface area contributed by atoms with E-state index < -0.39 is 6.03 Å². The van der Waals surface area contributed by atoms with Crippen molar-refractivity contribution in [2.24, 2.45) is 5.73 Å². The Morgan fingerprint density at radius 2 is 2.22 bits per heavy atom. The molecule has 4 nitrogen and oxygen atoms in total. The topological polar surface area (TPSA) is 72.2 Å². The van der Waals surface area contributed by atoms with E-state index >= 15 is 0 Å². The number of nitrogens with one attached hydrogen (secondary N) is 1. The number of carbonyl (C=O) groups is 2. The Morgan fingerprint density at radius 1 is 1.67 bits per heavy atom. The van der Waals surface area contributed by atoms with Gasteiger partial charge in [-0.05, 0) is 6.42 Å². The van der Waals surface area contributed by atoms with E-state index in [1.807, 2.05) is 5.32 Å². The molecule has 0 atom stereocenters.